The van der Waals surface area contributed by atoms with Crippen molar-refractivity contribution in [3.8, 4) is 5.75 Å². The minimum Gasteiger partial charge on any atom is -0.492 e. The molecule has 0 saturated carbocycles. The molecule has 2 aromatic rings. The van der Waals surface area contributed by atoms with Gasteiger partial charge in [-0.05, 0) is 31.5 Å². The molecule has 0 radical (unpaired) electrons. The summed E-state index contributed by atoms with van der Waals surface area (Å²) in [6.45, 7) is 2.02. The van der Waals surface area contributed by atoms with E-state index in [1.165, 1.54) is 6.33 Å². The molecule has 132 valence electrons. The second kappa shape index (κ2) is 10.1. The van der Waals surface area contributed by atoms with Gasteiger partial charge in [-0.25, -0.2) is 9.67 Å². The first-order valence-corrected chi connectivity index (χ1v) is 7.41. The van der Waals surface area contributed by atoms with Crippen LogP contribution in [0.1, 0.15) is 12.8 Å². The van der Waals surface area contributed by atoms with E-state index in [1.54, 1.807) is 11.0 Å². The number of anilines is 1. The van der Waals surface area contributed by atoms with Crippen LogP contribution >= 0.6 is 24.8 Å². The summed E-state index contributed by atoms with van der Waals surface area (Å²) in [6.07, 6.45) is 5.07. The number of halogens is 2. The maximum Gasteiger partial charge on any atom is 0.241 e. The van der Waals surface area contributed by atoms with Crippen molar-refractivity contribution in [2.24, 2.45) is 0 Å². The van der Waals surface area contributed by atoms with Gasteiger partial charge in [0.1, 0.15) is 25.0 Å². The van der Waals surface area contributed by atoms with E-state index in [1.807, 2.05) is 24.3 Å². The number of nitrogens with zero attached hydrogens (tertiary/aromatic N) is 3. The van der Waals surface area contributed by atoms with Crippen molar-refractivity contribution in [1.29, 1.82) is 0 Å². The molecule has 0 spiro atoms. The van der Waals surface area contributed by atoms with Crippen LogP contribution in [-0.4, -0.2) is 39.9 Å². The Labute approximate surface area is 153 Å². The van der Waals surface area contributed by atoms with Gasteiger partial charge in [0.2, 0.25) is 5.91 Å². The van der Waals surface area contributed by atoms with Crippen LogP contribution in [0, 0.1) is 0 Å². The van der Waals surface area contributed by atoms with Crippen LogP contribution in [-0.2, 0) is 11.3 Å². The van der Waals surface area contributed by atoms with E-state index in [4.69, 9.17) is 4.74 Å². The van der Waals surface area contributed by atoms with E-state index >= 15 is 0 Å². The van der Waals surface area contributed by atoms with Crippen LogP contribution < -0.4 is 15.4 Å². The predicted molar refractivity (Wildman–Crippen MR) is 96.1 cm³/mol. The largest absolute Gasteiger partial charge is 0.492 e. The van der Waals surface area contributed by atoms with E-state index < -0.39 is 0 Å². The Bertz CT molecular complexity index is 618. The fraction of sp³-hybridized carbons (Fsp3) is 0.400. The van der Waals surface area contributed by atoms with Gasteiger partial charge in [-0.1, -0.05) is 6.07 Å². The van der Waals surface area contributed by atoms with Gasteiger partial charge < -0.3 is 15.4 Å². The van der Waals surface area contributed by atoms with Crippen molar-refractivity contribution in [3.63, 3.8) is 0 Å². The number of carbonyl (C=O) groups is 1. The molecule has 1 aliphatic heterocycles. The maximum atomic E-state index is 12.1. The van der Waals surface area contributed by atoms with Crippen LogP contribution in [0.4, 0.5) is 5.69 Å². The third kappa shape index (κ3) is 5.67. The normalized spacial score (nSPS) is 15.9. The van der Waals surface area contributed by atoms with E-state index in [9.17, 15) is 4.79 Å². The monoisotopic (exact) mass is 373 g/mol. The first-order valence-electron chi connectivity index (χ1n) is 7.41. The Morgan fingerprint density at radius 2 is 2.29 bits per heavy atom. The summed E-state index contributed by atoms with van der Waals surface area (Å²) in [7, 11) is 0. The minimum absolute atomic E-state index is 0. The summed E-state index contributed by atoms with van der Waals surface area (Å²) in [5, 5.41) is 10.1. The highest BCUT2D eigenvalue weighted by atomic mass is 35.5. The summed E-state index contributed by atoms with van der Waals surface area (Å²) in [4.78, 5) is 15.9. The van der Waals surface area contributed by atoms with Crippen LogP contribution in [0.25, 0.3) is 0 Å². The van der Waals surface area contributed by atoms with Gasteiger partial charge in [0.15, 0.2) is 0 Å². The standard InChI is InChI=1S/C15H19N5O2.2ClH/c21-15(14-5-2-6-17-14)19-12-3-1-4-13(9-12)22-8-7-20-11-16-10-18-20;;/h1,3-4,9-11,14,17H,2,5-8H2,(H,19,21);2*1H. The number of aromatic nitrogens is 3. The molecule has 2 N–H and O–H groups in total. The fourth-order valence-electron chi connectivity index (χ4n) is 2.41. The number of hydrogen-bond acceptors (Lipinski definition) is 5. The van der Waals surface area contributed by atoms with Gasteiger partial charge in [-0.3, -0.25) is 4.79 Å². The second-order valence-electron chi connectivity index (χ2n) is 5.17. The molecule has 0 bridgehead atoms. The van der Waals surface area contributed by atoms with E-state index in [-0.39, 0.29) is 36.8 Å². The number of carbonyl (C=O) groups excluding carboxylic acids is 1. The molecule has 0 aliphatic carbocycles. The first-order chi connectivity index (χ1) is 10.8. The highest BCUT2D eigenvalue weighted by Crippen LogP contribution is 2.18. The van der Waals surface area contributed by atoms with E-state index in [2.05, 4.69) is 20.7 Å². The van der Waals surface area contributed by atoms with Gasteiger partial charge in [0.25, 0.3) is 0 Å². The van der Waals surface area contributed by atoms with Crippen molar-refractivity contribution in [2.75, 3.05) is 18.5 Å². The number of rotatable bonds is 6. The molecule has 1 fully saturated rings. The number of hydrogen-bond donors (Lipinski definition) is 2. The molecular formula is C15H21Cl2N5O2. The van der Waals surface area contributed by atoms with Crippen LogP contribution in [0.5, 0.6) is 5.75 Å². The molecule has 1 saturated heterocycles. The quantitative estimate of drug-likeness (QED) is 0.807. The van der Waals surface area contributed by atoms with Gasteiger partial charge in [0.05, 0.1) is 12.6 Å². The van der Waals surface area contributed by atoms with Gasteiger partial charge >= 0.3 is 0 Å². The van der Waals surface area contributed by atoms with Crippen molar-refractivity contribution in [2.45, 2.75) is 25.4 Å². The van der Waals surface area contributed by atoms with Crippen molar-refractivity contribution in [3.05, 3.63) is 36.9 Å². The number of benzene rings is 1. The Morgan fingerprint density at radius 3 is 3.00 bits per heavy atom. The lowest BCUT2D eigenvalue weighted by Crippen LogP contribution is -2.35. The number of amides is 1. The van der Waals surface area contributed by atoms with Crippen molar-refractivity contribution in [1.82, 2.24) is 20.1 Å². The zero-order chi connectivity index (χ0) is 15.2. The molecule has 1 unspecified atom stereocenters. The Kier molecular flexibility index (Phi) is 8.53. The highest BCUT2D eigenvalue weighted by molar-refractivity contribution is 5.95. The van der Waals surface area contributed by atoms with Crippen molar-refractivity contribution >= 4 is 36.4 Å². The van der Waals surface area contributed by atoms with Gasteiger partial charge in [-0.2, -0.15) is 5.10 Å². The molecule has 7 nitrogen and oxygen atoms in total. The number of nitrogens with one attached hydrogen (secondary N) is 2. The SMILES string of the molecule is Cl.Cl.O=C(Nc1cccc(OCCn2cncn2)c1)C1CCCN1. The van der Waals surface area contributed by atoms with E-state index in [0.29, 0.717) is 13.2 Å². The second-order valence-corrected chi connectivity index (χ2v) is 5.17. The topological polar surface area (TPSA) is 81.1 Å². The molecule has 1 aliphatic rings. The molecule has 9 heteroatoms. The molecule has 1 amide bonds. The minimum atomic E-state index is -0.0862. The Morgan fingerprint density at radius 1 is 1.42 bits per heavy atom. The molecule has 1 aromatic heterocycles. The first kappa shape index (κ1) is 20.2. The maximum absolute atomic E-state index is 12.1. The van der Waals surface area contributed by atoms with Crippen molar-refractivity contribution < 1.29 is 9.53 Å². The highest BCUT2D eigenvalue weighted by Gasteiger charge is 2.21. The van der Waals surface area contributed by atoms with Crippen LogP contribution in [0.15, 0.2) is 36.9 Å². The molecule has 1 atom stereocenters. The average Bonchev–Trinajstić information content (AvgIpc) is 3.21. The molecule has 1 aromatic carbocycles. The average molecular weight is 374 g/mol. The Balaban J connectivity index is 0.00000144. The smallest absolute Gasteiger partial charge is 0.241 e. The zero-order valence-corrected chi connectivity index (χ0v) is 14.7. The summed E-state index contributed by atoms with van der Waals surface area (Å²) < 4.78 is 7.38. The fourth-order valence-corrected chi connectivity index (χ4v) is 2.41. The molecule has 3 rings (SSSR count). The lowest BCUT2D eigenvalue weighted by atomic mass is 10.2. The van der Waals surface area contributed by atoms with E-state index in [0.717, 1.165) is 30.8 Å². The van der Waals surface area contributed by atoms with Crippen LogP contribution in [0.3, 0.4) is 0 Å². The third-order valence-corrected chi connectivity index (χ3v) is 3.53. The van der Waals surface area contributed by atoms with Gasteiger partial charge in [0, 0.05) is 11.8 Å². The predicted octanol–water partition coefficient (Wildman–Crippen LogP) is 1.89. The zero-order valence-electron chi connectivity index (χ0n) is 13.1. The third-order valence-electron chi connectivity index (χ3n) is 3.53. The molecular weight excluding hydrogens is 353 g/mol. The molecule has 24 heavy (non-hydrogen) atoms. The molecule has 2 heterocycles. The summed E-state index contributed by atoms with van der Waals surface area (Å²) in [6, 6.07) is 7.33. The summed E-state index contributed by atoms with van der Waals surface area (Å²) >= 11 is 0. The summed E-state index contributed by atoms with van der Waals surface area (Å²) in [5.74, 6) is 0.731. The lowest BCUT2D eigenvalue weighted by molar-refractivity contribution is -0.117. The lowest BCUT2D eigenvalue weighted by Gasteiger charge is -2.12. The summed E-state index contributed by atoms with van der Waals surface area (Å²) in [5.41, 5.74) is 0.747. The number of ether oxygens (including phenoxy) is 1. The Hall–Kier alpha value is -1.83. The van der Waals surface area contributed by atoms with Gasteiger partial charge in [-0.15, -0.1) is 24.8 Å². The van der Waals surface area contributed by atoms with Crippen LogP contribution in [0.2, 0.25) is 0 Å².